The van der Waals surface area contributed by atoms with E-state index in [0.29, 0.717) is 23.7 Å². The number of benzene rings is 3. The minimum atomic E-state index is -0.374. The fourth-order valence-corrected chi connectivity index (χ4v) is 2.58. The molecule has 3 aromatic carbocycles. The topological polar surface area (TPSA) is 44.8 Å². The van der Waals surface area contributed by atoms with Gasteiger partial charge in [0.1, 0.15) is 6.61 Å². The van der Waals surface area contributed by atoms with Gasteiger partial charge in [-0.05, 0) is 29.1 Å². The average molecular weight is 322 g/mol. The second kappa shape index (κ2) is 7.04. The number of carbonyl (C=O) groups is 1. The monoisotopic (exact) mass is 322 g/mol. The molecule has 4 nitrogen and oxygen atoms in total. The van der Waals surface area contributed by atoms with Gasteiger partial charge in [0, 0.05) is 5.39 Å². The number of methoxy groups -OCH3 is 2. The van der Waals surface area contributed by atoms with Gasteiger partial charge >= 0.3 is 5.97 Å². The zero-order chi connectivity index (χ0) is 16.9. The number of hydrogen-bond donors (Lipinski definition) is 0. The molecule has 0 N–H and O–H groups in total. The van der Waals surface area contributed by atoms with E-state index >= 15 is 0 Å². The van der Waals surface area contributed by atoms with Crippen LogP contribution < -0.4 is 9.47 Å². The van der Waals surface area contributed by atoms with Crippen LogP contribution in [0.5, 0.6) is 11.5 Å². The molecule has 0 aliphatic heterocycles. The summed E-state index contributed by atoms with van der Waals surface area (Å²) in [5, 5.41) is 1.66. The molecule has 4 heteroatoms. The standard InChI is InChI=1S/C20H18O4/c1-22-18-12-17-15(9-6-10-16(17)20(21)23-2)11-19(18)24-13-14-7-4-3-5-8-14/h3-12H,13H2,1-2H3. The second-order valence-corrected chi connectivity index (χ2v) is 5.30. The van der Waals surface area contributed by atoms with E-state index in [9.17, 15) is 4.79 Å². The molecule has 0 amide bonds. The van der Waals surface area contributed by atoms with Crippen LogP contribution in [0, 0.1) is 0 Å². The fraction of sp³-hybridized carbons (Fsp3) is 0.150. The Bertz CT molecular complexity index is 856. The lowest BCUT2D eigenvalue weighted by Crippen LogP contribution is -2.03. The number of carbonyl (C=O) groups excluding carboxylic acids is 1. The van der Waals surface area contributed by atoms with Gasteiger partial charge in [-0.3, -0.25) is 0 Å². The summed E-state index contributed by atoms with van der Waals surface area (Å²) in [6, 6.07) is 19.1. The zero-order valence-corrected chi connectivity index (χ0v) is 13.6. The molecule has 0 unspecified atom stereocenters. The Balaban J connectivity index is 1.98. The Morgan fingerprint density at radius 1 is 0.917 bits per heavy atom. The van der Waals surface area contributed by atoms with Crippen molar-refractivity contribution in [2.24, 2.45) is 0 Å². The van der Waals surface area contributed by atoms with Gasteiger partial charge in [-0.1, -0.05) is 42.5 Å². The number of ether oxygens (including phenoxy) is 3. The van der Waals surface area contributed by atoms with E-state index in [1.807, 2.05) is 54.6 Å². The Morgan fingerprint density at radius 3 is 2.42 bits per heavy atom. The van der Waals surface area contributed by atoms with Crippen LogP contribution in [0.15, 0.2) is 60.7 Å². The Hall–Kier alpha value is -3.01. The van der Waals surface area contributed by atoms with Crippen molar-refractivity contribution >= 4 is 16.7 Å². The first-order chi connectivity index (χ1) is 11.7. The number of hydrogen-bond acceptors (Lipinski definition) is 4. The lowest BCUT2D eigenvalue weighted by molar-refractivity contribution is 0.0603. The van der Waals surface area contributed by atoms with Gasteiger partial charge in [-0.2, -0.15) is 0 Å². The minimum absolute atomic E-state index is 0.374. The van der Waals surface area contributed by atoms with Crippen molar-refractivity contribution in [1.29, 1.82) is 0 Å². The summed E-state index contributed by atoms with van der Waals surface area (Å²) in [6.07, 6.45) is 0. The molecule has 0 aliphatic carbocycles. The third-order valence-electron chi connectivity index (χ3n) is 3.81. The summed E-state index contributed by atoms with van der Waals surface area (Å²) in [7, 11) is 2.95. The molecule has 0 fully saturated rings. The van der Waals surface area contributed by atoms with Crippen molar-refractivity contribution < 1.29 is 19.0 Å². The summed E-state index contributed by atoms with van der Waals surface area (Å²) < 4.78 is 16.2. The number of esters is 1. The number of rotatable bonds is 5. The van der Waals surface area contributed by atoms with Gasteiger partial charge in [0.15, 0.2) is 11.5 Å². The summed E-state index contributed by atoms with van der Waals surface area (Å²) in [5.74, 6) is 0.839. The first-order valence-corrected chi connectivity index (χ1v) is 7.58. The maximum Gasteiger partial charge on any atom is 0.338 e. The molecule has 0 saturated carbocycles. The summed E-state index contributed by atoms with van der Waals surface area (Å²) in [4.78, 5) is 11.9. The van der Waals surface area contributed by atoms with Crippen LogP contribution in [0.3, 0.4) is 0 Å². The third-order valence-corrected chi connectivity index (χ3v) is 3.81. The molecule has 0 bridgehead atoms. The first-order valence-electron chi connectivity index (χ1n) is 7.58. The van der Waals surface area contributed by atoms with Crippen LogP contribution in [0.2, 0.25) is 0 Å². The predicted molar refractivity (Wildman–Crippen MR) is 92.6 cm³/mol. The maximum absolute atomic E-state index is 11.9. The molecule has 0 spiro atoms. The normalized spacial score (nSPS) is 10.4. The molecular weight excluding hydrogens is 304 g/mol. The van der Waals surface area contributed by atoms with Crippen LogP contribution in [0.25, 0.3) is 10.8 Å². The molecule has 0 atom stereocenters. The summed E-state index contributed by atoms with van der Waals surface area (Å²) in [6.45, 7) is 0.444. The number of fused-ring (bicyclic) bond motifs is 1. The largest absolute Gasteiger partial charge is 0.493 e. The Morgan fingerprint density at radius 2 is 1.71 bits per heavy atom. The lowest BCUT2D eigenvalue weighted by Gasteiger charge is -2.13. The highest BCUT2D eigenvalue weighted by molar-refractivity contribution is 6.05. The minimum Gasteiger partial charge on any atom is -0.493 e. The summed E-state index contributed by atoms with van der Waals surface area (Å²) in [5.41, 5.74) is 1.57. The van der Waals surface area contributed by atoms with Crippen molar-refractivity contribution in [3.8, 4) is 11.5 Å². The highest BCUT2D eigenvalue weighted by Gasteiger charge is 2.14. The predicted octanol–water partition coefficient (Wildman–Crippen LogP) is 4.21. The SMILES string of the molecule is COC(=O)c1cccc2cc(OCc3ccccc3)c(OC)cc12. The van der Waals surface area contributed by atoms with Crippen molar-refractivity contribution in [3.05, 3.63) is 71.8 Å². The van der Waals surface area contributed by atoms with Crippen LogP contribution in [0.4, 0.5) is 0 Å². The smallest absolute Gasteiger partial charge is 0.338 e. The zero-order valence-electron chi connectivity index (χ0n) is 13.6. The lowest BCUT2D eigenvalue weighted by atomic mass is 10.0. The average Bonchev–Trinajstić information content (AvgIpc) is 2.65. The first kappa shape index (κ1) is 15.9. The van der Waals surface area contributed by atoms with E-state index in [4.69, 9.17) is 14.2 Å². The molecule has 0 heterocycles. The van der Waals surface area contributed by atoms with E-state index in [1.165, 1.54) is 7.11 Å². The van der Waals surface area contributed by atoms with Gasteiger partial charge in [0.2, 0.25) is 0 Å². The molecule has 3 rings (SSSR count). The summed E-state index contributed by atoms with van der Waals surface area (Å²) >= 11 is 0. The Labute approximate surface area is 140 Å². The van der Waals surface area contributed by atoms with Gasteiger partial charge in [-0.15, -0.1) is 0 Å². The van der Waals surface area contributed by atoms with Crippen molar-refractivity contribution in [2.45, 2.75) is 6.61 Å². The van der Waals surface area contributed by atoms with Crippen molar-refractivity contribution in [2.75, 3.05) is 14.2 Å². The van der Waals surface area contributed by atoms with E-state index in [-0.39, 0.29) is 5.97 Å². The van der Waals surface area contributed by atoms with Crippen LogP contribution >= 0.6 is 0 Å². The molecule has 24 heavy (non-hydrogen) atoms. The van der Waals surface area contributed by atoms with Crippen molar-refractivity contribution in [3.63, 3.8) is 0 Å². The Kier molecular flexibility index (Phi) is 4.66. The van der Waals surface area contributed by atoms with Gasteiger partial charge in [0.25, 0.3) is 0 Å². The second-order valence-electron chi connectivity index (χ2n) is 5.30. The van der Waals surface area contributed by atoms with Crippen LogP contribution in [-0.4, -0.2) is 20.2 Å². The van der Waals surface area contributed by atoms with Gasteiger partial charge in [0.05, 0.1) is 19.8 Å². The third kappa shape index (κ3) is 3.18. The highest BCUT2D eigenvalue weighted by atomic mass is 16.5. The van der Waals surface area contributed by atoms with Crippen LogP contribution in [-0.2, 0) is 11.3 Å². The molecule has 3 aromatic rings. The molecule has 0 radical (unpaired) electrons. The quantitative estimate of drug-likeness (QED) is 0.660. The van der Waals surface area contributed by atoms with Gasteiger partial charge < -0.3 is 14.2 Å². The van der Waals surface area contributed by atoms with Crippen molar-refractivity contribution in [1.82, 2.24) is 0 Å². The molecule has 0 aliphatic rings. The van der Waals surface area contributed by atoms with Gasteiger partial charge in [-0.25, -0.2) is 4.79 Å². The van der Waals surface area contributed by atoms with E-state index in [2.05, 4.69) is 0 Å². The van der Waals surface area contributed by atoms with E-state index in [0.717, 1.165) is 16.3 Å². The molecule has 0 aromatic heterocycles. The van der Waals surface area contributed by atoms with Crippen LogP contribution in [0.1, 0.15) is 15.9 Å². The van der Waals surface area contributed by atoms with E-state index < -0.39 is 0 Å². The molecule has 122 valence electrons. The highest BCUT2D eigenvalue weighted by Crippen LogP contribution is 2.34. The molecule has 0 saturated heterocycles. The van der Waals surface area contributed by atoms with E-state index in [1.54, 1.807) is 13.2 Å². The fourth-order valence-electron chi connectivity index (χ4n) is 2.58. The molecular formula is C20H18O4. The maximum atomic E-state index is 11.9.